The van der Waals surface area contributed by atoms with Crippen LogP contribution in [0.1, 0.15) is 5.56 Å². The van der Waals surface area contributed by atoms with Crippen LogP contribution in [0.25, 0.3) is 0 Å². The third kappa shape index (κ3) is 6.73. The smallest absolute Gasteiger partial charge is 0.370 e. The number of hydrogen-bond acceptors (Lipinski definition) is 4. The molecule has 25 heteroatoms. The van der Waals surface area contributed by atoms with Gasteiger partial charge in [0.1, 0.15) is 0 Å². The minimum Gasteiger partial charge on any atom is -0.370 e. The zero-order valence-corrected chi connectivity index (χ0v) is 20.4. The van der Waals surface area contributed by atoms with E-state index in [1.165, 1.54) is 9.47 Å². The van der Waals surface area contributed by atoms with Gasteiger partial charge in [-0.3, -0.25) is 0 Å². The maximum absolute atomic E-state index is 14.5. The maximum Gasteiger partial charge on any atom is 0.527 e. The summed E-state index contributed by atoms with van der Waals surface area (Å²) in [5.74, 6) is 0. The van der Waals surface area contributed by atoms with E-state index in [4.69, 9.17) is 58.0 Å². The second-order valence-corrected chi connectivity index (χ2v) is 8.38. The van der Waals surface area contributed by atoms with E-state index in [0.717, 1.165) is 0 Å². The van der Waals surface area contributed by atoms with E-state index in [2.05, 4.69) is 0 Å². The molecule has 0 heterocycles. The van der Waals surface area contributed by atoms with Crippen LogP contribution in [-0.2, 0) is 19.8 Å². The second-order valence-electron chi connectivity index (χ2n) is 6.49. The second kappa shape index (κ2) is 10.6. The summed E-state index contributed by atoms with van der Waals surface area (Å²) in [6, 6.07) is 0. The molecule has 1 aromatic carbocycles. The summed E-state index contributed by atoms with van der Waals surface area (Å²) in [6.07, 6.45) is -51.2. The lowest BCUT2D eigenvalue weighted by molar-refractivity contribution is -0.572. The lowest BCUT2D eigenvalue weighted by atomic mass is 9.91. The molecule has 1 N–H and O–H groups in total. The average Bonchev–Trinajstić information content (AvgIpc) is 2.66. The first-order chi connectivity index (χ1) is 16.8. The van der Waals surface area contributed by atoms with Gasteiger partial charge in [-0.15, -0.1) is 13.2 Å². The van der Waals surface area contributed by atoms with Crippen molar-refractivity contribution in [2.75, 3.05) is 0 Å². The van der Waals surface area contributed by atoms with Crippen molar-refractivity contribution in [2.45, 2.75) is 48.7 Å². The van der Waals surface area contributed by atoms with Crippen LogP contribution in [0.15, 0.2) is 0 Å². The molecule has 0 aromatic heterocycles. The van der Waals surface area contributed by atoms with Gasteiger partial charge in [0.05, 0.1) is 25.1 Å². The minimum absolute atomic E-state index is 1.10. The fraction of sp³-hybridized carbons (Fsp3) is 0.571. The Balaban J connectivity index is 3.71. The first-order valence-corrected chi connectivity index (χ1v) is 10.1. The van der Waals surface area contributed by atoms with E-state index in [9.17, 15) is 75.4 Å². The Morgan fingerprint density at radius 1 is 0.410 bits per heavy atom. The highest BCUT2D eigenvalue weighted by Crippen LogP contribution is 2.59. The number of rotatable bonds is 9. The quantitative estimate of drug-likeness (QED) is 0.158. The molecule has 0 amide bonds. The molecule has 0 saturated heterocycles. The first kappa shape index (κ1) is 36.4. The molecular weight excluding hydrogens is 713 g/mol. The van der Waals surface area contributed by atoms with E-state index in [0.29, 0.717) is 0 Å². The number of halogens is 21. The van der Waals surface area contributed by atoms with Crippen LogP contribution in [0.5, 0.6) is 0 Å². The minimum atomic E-state index is -7.65. The van der Waals surface area contributed by atoms with Crippen LogP contribution in [0.4, 0.5) is 70.2 Å². The van der Waals surface area contributed by atoms with E-state index in [1.54, 1.807) is 0 Å². The Labute approximate surface area is 227 Å². The molecular formula is C14HCl5F16O4. The Kier molecular flexibility index (Phi) is 9.88. The molecule has 1 unspecified atom stereocenters. The van der Waals surface area contributed by atoms with E-state index in [-0.39, 0.29) is 0 Å². The molecule has 1 rings (SSSR count). The molecule has 0 bridgehead atoms. The van der Waals surface area contributed by atoms with Crippen molar-refractivity contribution in [3.8, 4) is 0 Å². The van der Waals surface area contributed by atoms with E-state index < -0.39 is 79.4 Å². The standard InChI is InChI=1S/C14HCl5F16O4/c15-2-1(3(16)5(18)6(19)4(2)17)7(36,8(20,21)22)9(23,24)37-10(25,26)11(27,28)38-12(29,30)13(31,32)39-14(33,34)35/h36H. The predicted octanol–water partition coefficient (Wildman–Crippen LogP) is 9.24. The first-order valence-electron chi connectivity index (χ1n) is 8.17. The maximum atomic E-state index is 14.5. The fourth-order valence-corrected chi connectivity index (χ4v) is 3.57. The molecule has 0 aliphatic heterocycles. The molecule has 0 aliphatic carbocycles. The summed E-state index contributed by atoms with van der Waals surface area (Å²) in [4.78, 5) is 0. The van der Waals surface area contributed by atoms with Crippen molar-refractivity contribution in [3.63, 3.8) is 0 Å². The highest BCUT2D eigenvalue weighted by Gasteiger charge is 2.79. The van der Waals surface area contributed by atoms with Crippen LogP contribution >= 0.6 is 58.0 Å². The van der Waals surface area contributed by atoms with Crippen LogP contribution in [-0.4, -0.2) is 48.2 Å². The van der Waals surface area contributed by atoms with Gasteiger partial charge in [-0.1, -0.05) is 58.0 Å². The summed E-state index contributed by atoms with van der Waals surface area (Å²) in [7, 11) is 0. The summed E-state index contributed by atoms with van der Waals surface area (Å²) in [6.45, 7) is 0. The van der Waals surface area contributed by atoms with Crippen LogP contribution < -0.4 is 0 Å². The molecule has 0 fully saturated rings. The molecule has 228 valence electrons. The van der Waals surface area contributed by atoms with Gasteiger partial charge in [0.25, 0.3) is 5.60 Å². The Morgan fingerprint density at radius 2 is 0.667 bits per heavy atom. The largest absolute Gasteiger partial charge is 0.527 e. The van der Waals surface area contributed by atoms with Crippen molar-refractivity contribution in [2.24, 2.45) is 0 Å². The Bertz CT molecular complexity index is 1060. The third-order valence-electron chi connectivity index (χ3n) is 3.84. The van der Waals surface area contributed by atoms with Crippen LogP contribution in [0, 0.1) is 0 Å². The molecule has 0 spiro atoms. The molecule has 4 nitrogen and oxygen atoms in total. The molecule has 0 radical (unpaired) electrons. The average molecular weight is 714 g/mol. The third-order valence-corrected chi connectivity index (χ3v) is 6.11. The predicted molar refractivity (Wildman–Crippen MR) is 95.5 cm³/mol. The van der Waals surface area contributed by atoms with Crippen molar-refractivity contribution < 1.29 is 89.6 Å². The number of alkyl halides is 16. The van der Waals surface area contributed by atoms with E-state index >= 15 is 0 Å². The van der Waals surface area contributed by atoms with Gasteiger partial charge < -0.3 is 5.11 Å². The van der Waals surface area contributed by atoms with Gasteiger partial charge in [-0.05, 0) is 0 Å². The van der Waals surface area contributed by atoms with Crippen molar-refractivity contribution >= 4 is 58.0 Å². The monoisotopic (exact) mass is 712 g/mol. The highest BCUT2D eigenvalue weighted by atomic mass is 35.5. The normalized spacial score (nSPS) is 16.5. The SMILES string of the molecule is OC(c1c(Cl)c(Cl)c(Cl)c(Cl)c1Cl)(C(F)(F)F)C(F)(F)OC(F)(F)C(F)(F)OC(F)(F)C(F)(F)OC(F)(F)F. The molecule has 1 aromatic rings. The molecule has 0 aliphatic rings. The fourth-order valence-electron chi connectivity index (χ4n) is 2.15. The van der Waals surface area contributed by atoms with Crippen LogP contribution in [0.2, 0.25) is 25.1 Å². The van der Waals surface area contributed by atoms with Crippen molar-refractivity contribution in [1.82, 2.24) is 0 Å². The van der Waals surface area contributed by atoms with Crippen LogP contribution in [0.3, 0.4) is 0 Å². The van der Waals surface area contributed by atoms with Gasteiger partial charge >= 0.3 is 43.1 Å². The van der Waals surface area contributed by atoms with E-state index in [1.807, 2.05) is 4.74 Å². The molecule has 39 heavy (non-hydrogen) atoms. The zero-order valence-electron chi connectivity index (χ0n) is 16.6. The number of ether oxygens (including phenoxy) is 3. The summed E-state index contributed by atoms with van der Waals surface area (Å²) < 4.78 is 217. The summed E-state index contributed by atoms with van der Waals surface area (Å²) in [5, 5.41) is 1.95. The van der Waals surface area contributed by atoms with Gasteiger partial charge in [0.2, 0.25) is 0 Å². The molecule has 1 atom stereocenters. The van der Waals surface area contributed by atoms with Gasteiger partial charge in [0.15, 0.2) is 0 Å². The Morgan fingerprint density at radius 3 is 0.949 bits per heavy atom. The van der Waals surface area contributed by atoms with Gasteiger partial charge in [-0.25, -0.2) is 14.2 Å². The van der Waals surface area contributed by atoms with Crippen molar-refractivity contribution in [1.29, 1.82) is 0 Å². The lowest BCUT2D eigenvalue weighted by Gasteiger charge is -2.40. The Hall–Kier alpha value is -0.610. The molecule has 0 saturated carbocycles. The number of aliphatic hydroxyl groups is 1. The zero-order chi connectivity index (χ0) is 31.6. The highest BCUT2D eigenvalue weighted by molar-refractivity contribution is 6.55. The van der Waals surface area contributed by atoms with Crippen molar-refractivity contribution in [3.05, 3.63) is 30.7 Å². The number of hydrogen-bond donors (Lipinski definition) is 1. The number of benzene rings is 1. The van der Waals surface area contributed by atoms with Gasteiger partial charge in [0, 0.05) is 5.56 Å². The summed E-state index contributed by atoms with van der Waals surface area (Å²) in [5.41, 5.74) is -9.12. The topological polar surface area (TPSA) is 47.9 Å². The summed E-state index contributed by atoms with van der Waals surface area (Å²) >= 11 is 26.6. The van der Waals surface area contributed by atoms with Gasteiger partial charge in [-0.2, -0.15) is 57.1 Å². The lowest BCUT2D eigenvalue weighted by Crippen LogP contribution is -2.63.